The zero-order valence-electron chi connectivity index (χ0n) is 33.2. The summed E-state index contributed by atoms with van der Waals surface area (Å²) in [6.07, 6.45) is -1.07. The number of likely N-dealkylation sites (tertiary alicyclic amines) is 2. The van der Waals surface area contributed by atoms with Gasteiger partial charge in [0.15, 0.2) is 11.6 Å². The Morgan fingerprint density at radius 1 is 0.800 bits per heavy atom. The highest BCUT2D eigenvalue weighted by molar-refractivity contribution is 5.94. The first-order chi connectivity index (χ1) is 28.7. The molecule has 1 aliphatic carbocycles. The van der Waals surface area contributed by atoms with Crippen LogP contribution in [0.2, 0.25) is 0 Å². The molecule has 7 heterocycles. The van der Waals surface area contributed by atoms with E-state index in [0.717, 1.165) is 12.8 Å². The smallest absolute Gasteiger partial charge is 0.289 e. The Labute approximate surface area is 341 Å². The van der Waals surface area contributed by atoms with E-state index in [0.29, 0.717) is 60.6 Å². The number of fused-ring (bicyclic) bond motifs is 2. The van der Waals surface area contributed by atoms with Gasteiger partial charge in [-0.15, -0.1) is 5.10 Å². The van der Waals surface area contributed by atoms with E-state index < -0.39 is 36.1 Å². The highest BCUT2D eigenvalue weighted by Crippen LogP contribution is 2.42. The Bertz CT molecular complexity index is 2600. The van der Waals surface area contributed by atoms with E-state index in [1.807, 2.05) is 20.8 Å². The van der Waals surface area contributed by atoms with Crippen LogP contribution >= 0.6 is 0 Å². The molecule has 5 aromatic heterocycles. The second-order valence-corrected chi connectivity index (χ2v) is 17.2. The first kappa shape index (κ1) is 39.6. The first-order valence-corrected chi connectivity index (χ1v) is 20.2. The van der Waals surface area contributed by atoms with Gasteiger partial charge < -0.3 is 14.2 Å². The summed E-state index contributed by atoms with van der Waals surface area (Å²) in [6.45, 7) is 6.99. The number of rotatable bonds is 9. The Balaban J connectivity index is 1.03. The fourth-order valence-electron chi connectivity index (χ4n) is 8.65. The third kappa shape index (κ3) is 7.59. The summed E-state index contributed by atoms with van der Waals surface area (Å²) < 4.78 is 80.5. The minimum atomic E-state index is -2.91. The van der Waals surface area contributed by atoms with E-state index in [1.165, 1.54) is 39.6 Å². The molecule has 3 fully saturated rings. The number of furan rings is 1. The quantitative estimate of drug-likeness (QED) is 0.133. The number of alkyl halides is 4. The van der Waals surface area contributed by atoms with Crippen LogP contribution < -0.4 is 0 Å². The Kier molecular flexibility index (Phi) is 10.1. The molecule has 1 aromatic carbocycles. The molecule has 18 heteroatoms. The van der Waals surface area contributed by atoms with Crippen molar-refractivity contribution in [2.75, 3.05) is 26.2 Å². The fourth-order valence-corrected chi connectivity index (χ4v) is 8.65. The Morgan fingerprint density at radius 3 is 2.25 bits per heavy atom. The largest absolute Gasteiger partial charge is 0.455 e. The molecule has 0 spiro atoms. The van der Waals surface area contributed by atoms with E-state index >= 15 is 0 Å². The van der Waals surface area contributed by atoms with Crippen LogP contribution in [0.5, 0.6) is 0 Å². The summed E-state index contributed by atoms with van der Waals surface area (Å²) in [4.78, 5) is 47.8. The second-order valence-electron chi connectivity index (χ2n) is 17.2. The van der Waals surface area contributed by atoms with Gasteiger partial charge in [-0.2, -0.15) is 15.1 Å². The molecule has 2 amide bonds. The van der Waals surface area contributed by atoms with Crippen molar-refractivity contribution in [2.24, 2.45) is 5.92 Å². The first-order valence-electron chi connectivity index (χ1n) is 20.2. The number of nitrogens with zero attached hydrogens (tertiary/aromatic N) is 10. The SMILES string of the molecule is CC(C)(C)c1ccc(C(=O)N2CCC(Cc3nc4nc(C(F)F)cc([C@H]5CCCN(C(=O)c6ccc(F)c(C7CC7)c6)C5)n4n3)[C@H](c3cc(C(F)F)nc4ncnn34)C2)o1. The maximum absolute atomic E-state index is 14.5. The number of piperidine rings is 2. The Morgan fingerprint density at radius 2 is 1.53 bits per heavy atom. The highest BCUT2D eigenvalue weighted by atomic mass is 19.3. The van der Waals surface area contributed by atoms with Gasteiger partial charge >= 0.3 is 0 Å². The standard InChI is InChI=1S/C42H43F5N10O3/c1-42(2,3)34-11-10-33(60-34)39(59)55-14-12-23(27(20-55)32-18-30(37(46)47)50-40-48-21-49-56(32)40)16-35-52-41-51-29(36(44)45)17-31(57(41)53-35)25-5-4-13-54(19-25)38(58)24-8-9-28(43)26(15-24)22-6-7-22/h8-11,15,17-18,21-23,25,27,36-37H,4-7,12-14,16,19-20H2,1-3H3/t23?,25-,27+/m0/s1. The number of hydrogen-bond acceptors (Lipinski definition) is 9. The number of amides is 2. The lowest BCUT2D eigenvalue weighted by molar-refractivity contribution is 0.0618. The predicted molar refractivity (Wildman–Crippen MR) is 206 cm³/mol. The minimum Gasteiger partial charge on any atom is -0.455 e. The predicted octanol–water partition coefficient (Wildman–Crippen LogP) is 7.85. The molecular formula is C42H43F5N10O3. The van der Waals surface area contributed by atoms with Gasteiger partial charge in [-0.3, -0.25) is 9.59 Å². The number of carbonyl (C=O) groups is 2. The zero-order valence-corrected chi connectivity index (χ0v) is 33.2. The van der Waals surface area contributed by atoms with Crippen molar-refractivity contribution in [1.29, 1.82) is 0 Å². The van der Waals surface area contributed by atoms with Crippen molar-refractivity contribution in [1.82, 2.24) is 49.0 Å². The van der Waals surface area contributed by atoms with Crippen LogP contribution in [0.25, 0.3) is 11.6 Å². The van der Waals surface area contributed by atoms with Crippen LogP contribution in [-0.4, -0.2) is 87.0 Å². The van der Waals surface area contributed by atoms with Gasteiger partial charge in [0.2, 0.25) is 0 Å². The van der Waals surface area contributed by atoms with E-state index in [9.17, 15) is 31.5 Å². The molecule has 0 bridgehead atoms. The average Bonchev–Trinajstić information content (AvgIpc) is 3.55. The monoisotopic (exact) mass is 830 g/mol. The van der Waals surface area contributed by atoms with Crippen LogP contribution in [0.15, 0.2) is 53.2 Å². The molecule has 2 saturated heterocycles. The maximum Gasteiger partial charge on any atom is 0.289 e. The summed E-state index contributed by atoms with van der Waals surface area (Å²) in [7, 11) is 0. The van der Waals surface area contributed by atoms with Gasteiger partial charge in [0.05, 0.1) is 11.4 Å². The van der Waals surface area contributed by atoms with Crippen LogP contribution in [-0.2, 0) is 11.8 Å². The molecular weight excluding hydrogens is 788 g/mol. The van der Waals surface area contributed by atoms with E-state index in [2.05, 4.69) is 25.0 Å². The van der Waals surface area contributed by atoms with Gasteiger partial charge in [-0.25, -0.2) is 41.0 Å². The molecule has 60 heavy (non-hydrogen) atoms. The number of halogens is 5. The molecule has 314 valence electrons. The fraction of sp³-hybridized carbons (Fsp3) is 0.476. The molecule has 13 nitrogen and oxygen atoms in total. The van der Waals surface area contributed by atoms with Crippen molar-refractivity contribution in [3.05, 3.63) is 106 Å². The van der Waals surface area contributed by atoms with Crippen molar-refractivity contribution in [3.63, 3.8) is 0 Å². The molecule has 0 N–H and O–H groups in total. The van der Waals surface area contributed by atoms with Gasteiger partial charge in [-0.1, -0.05) is 20.8 Å². The van der Waals surface area contributed by atoms with Gasteiger partial charge in [-0.05, 0) is 92.0 Å². The number of carbonyl (C=O) groups excluding carboxylic acids is 2. The van der Waals surface area contributed by atoms with E-state index in [1.54, 1.807) is 28.0 Å². The van der Waals surface area contributed by atoms with Crippen molar-refractivity contribution >= 4 is 23.4 Å². The molecule has 2 aliphatic heterocycles. The molecule has 9 rings (SSSR count). The van der Waals surface area contributed by atoms with E-state index in [4.69, 9.17) is 9.52 Å². The number of benzene rings is 1. The molecule has 3 atom stereocenters. The van der Waals surface area contributed by atoms with Crippen LogP contribution in [0.3, 0.4) is 0 Å². The lowest BCUT2D eigenvalue weighted by Crippen LogP contribution is -2.44. The summed E-state index contributed by atoms with van der Waals surface area (Å²) in [5, 5.41) is 9.09. The number of hydrogen-bond donors (Lipinski definition) is 0. The topological polar surface area (TPSA) is 140 Å². The lowest BCUT2D eigenvalue weighted by Gasteiger charge is -2.38. The number of aromatic nitrogens is 8. The molecule has 0 radical (unpaired) electrons. The van der Waals surface area contributed by atoms with Gasteiger partial charge in [0.1, 0.15) is 29.3 Å². The van der Waals surface area contributed by atoms with E-state index in [-0.39, 0.29) is 77.5 Å². The molecule has 6 aromatic rings. The van der Waals surface area contributed by atoms with Crippen molar-refractivity contribution in [3.8, 4) is 0 Å². The summed E-state index contributed by atoms with van der Waals surface area (Å²) in [5.74, 6) is -1.13. The van der Waals surface area contributed by atoms with Crippen molar-refractivity contribution in [2.45, 2.75) is 95.3 Å². The summed E-state index contributed by atoms with van der Waals surface area (Å²) >= 11 is 0. The van der Waals surface area contributed by atoms with Crippen LogP contribution in [0.4, 0.5) is 22.0 Å². The maximum atomic E-state index is 14.5. The van der Waals surface area contributed by atoms with Crippen LogP contribution in [0, 0.1) is 11.7 Å². The normalized spacial score (nSPS) is 20.3. The highest BCUT2D eigenvalue weighted by Gasteiger charge is 2.38. The summed E-state index contributed by atoms with van der Waals surface area (Å²) in [6, 6.07) is 10.4. The third-order valence-corrected chi connectivity index (χ3v) is 12.0. The molecule has 3 aliphatic rings. The van der Waals surface area contributed by atoms with Gasteiger partial charge in [0, 0.05) is 55.4 Å². The molecule has 1 saturated carbocycles. The van der Waals surface area contributed by atoms with Crippen LogP contribution in [0.1, 0.15) is 144 Å². The third-order valence-electron chi connectivity index (χ3n) is 12.0. The second kappa shape index (κ2) is 15.3. The average molecular weight is 831 g/mol. The zero-order chi connectivity index (χ0) is 42.0. The summed E-state index contributed by atoms with van der Waals surface area (Å²) in [5.41, 5.74) is 0.412. The minimum absolute atomic E-state index is 0.0205. The van der Waals surface area contributed by atoms with Crippen molar-refractivity contribution < 1.29 is 36.0 Å². The molecule has 1 unspecified atom stereocenters. The Hall–Kier alpha value is -5.81. The lowest BCUT2D eigenvalue weighted by atomic mass is 9.80. The van der Waals surface area contributed by atoms with Gasteiger partial charge in [0.25, 0.3) is 36.2 Å².